The molecule has 0 unspecified atom stereocenters. The first-order valence-electron chi connectivity index (χ1n) is 9.98. The Hall–Kier alpha value is -1.73. The number of hydrogen-bond acceptors (Lipinski definition) is 5. The van der Waals surface area contributed by atoms with Gasteiger partial charge in [-0.3, -0.25) is 4.79 Å². The molecule has 1 saturated heterocycles. The van der Waals surface area contributed by atoms with E-state index in [0.717, 1.165) is 6.42 Å². The number of aliphatic hydroxyl groups is 3. The zero-order valence-corrected chi connectivity index (χ0v) is 16.6. The van der Waals surface area contributed by atoms with Crippen molar-refractivity contribution in [3.63, 3.8) is 0 Å². The SMILES string of the molecule is CC/C=C\C[C@@H]1O[C@@H]([C@H](O)/C=C/[C@@H](O)C/C=C\C/C=C\CCC(=O)O)C[C@H]1O. The van der Waals surface area contributed by atoms with Gasteiger partial charge in [0.15, 0.2) is 0 Å². The number of carboxylic acid groups (broad SMARTS) is 1. The minimum Gasteiger partial charge on any atom is -0.481 e. The standard InChI is InChI=1S/C22H34O6/c1-2-3-8-12-20-19(25)16-21(28-20)18(24)15-14-17(23)11-9-6-4-5-7-10-13-22(26)27/h3,5-9,14-15,17-21,23-25H,2,4,10-13,16H2,1H3,(H,26,27)/b7-5-,8-3-,9-6-,15-14+/t17-,18+,19+,20-,21+/m0/s1. The molecule has 1 fully saturated rings. The first-order valence-corrected chi connectivity index (χ1v) is 9.98. The second-order valence-electron chi connectivity index (χ2n) is 6.92. The highest BCUT2D eigenvalue weighted by Crippen LogP contribution is 2.26. The molecule has 0 spiro atoms. The van der Waals surface area contributed by atoms with Crippen LogP contribution in [0.2, 0.25) is 0 Å². The predicted molar refractivity (Wildman–Crippen MR) is 109 cm³/mol. The lowest BCUT2D eigenvalue weighted by Gasteiger charge is -2.16. The van der Waals surface area contributed by atoms with Gasteiger partial charge in [0.1, 0.15) is 0 Å². The molecule has 1 aliphatic rings. The summed E-state index contributed by atoms with van der Waals surface area (Å²) < 4.78 is 5.73. The first-order chi connectivity index (χ1) is 13.4. The van der Waals surface area contributed by atoms with Crippen LogP contribution in [-0.4, -0.2) is 56.9 Å². The molecule has 0 radical (unpaired) electrons. The van der Waals surface area contributed by atoms with Gasteiger partial charge in [0, 0.05) is 12.8 Å². The fourth-order valence-corrected chi connectivity index (χ4v) is 2.87. The van der Waals surface area contributed by atoms with Gasteiger partial charge in [0.2, 0.25) is 0 Å². The van der Waals surface area contributed by atoms with E-state index < -0.39 is 30.4 Å². The maximum Gasteiger partial charge on any atom is 0.303 e. The molecule has 0 bridgehead atoms. The number of aliphatic hydroxyl groups excluding tert-OH is 3. The number of carboxylic acids is 1. The molecule has 0 aromatic carbocycles. The van der Waals surface area contributed by atoms with Gasteiger partial charge in [0.05, 0.1) is 30.5 Å². The molecule has 0 saturated carbocycles. The van der Waals surface area contributed by atoms with Crippen molar-refractivity contribution in [2.45, 2.75) is 82.4 Å². The van der Waals surface area contributed by atoms with Crippen molar-refractivity contribution in [2.75, 3.05) is 0 Å². The Labute approximate surface area is 167 Å². The quantitative estimate of drug-likeness (QED) is 0.358. The number of allylic oxidation sites excluding steroid dienone is 4. The van der Waals surface area contributed by atoms with E-state index in [1.165, 1.54) is 12.2 Å². The molecule has 5 atom stereocenters. The fourth-order valence-electron chi connectivity index (χ4n) is 2.87. The normalized spacial score (nSPS) is 25.5. The maximum absolute atomic E-state index is 10.4. The second-order valence-corrected chi connectivity index (χ2v) is 6.92. The summed E-state index contributed by atoms with van der Waals surface area (Å²) in [6, 6.07) is 0. The molecule has 1 rings (SSSR count). The largest absolute Gasteiger partial charge is 0.481 e. The molecule has 6 heteroatoms. The van der Waals surface area contributed by atoms with Crippen LogP contribution >= 0.6 is 0 Å². The Morgan fingerprint density at radius 3 is 2.57 bits per heavy atom. The number of ether oxygens (including phenoxy) is 1. The van der Waals surface area contributed by atoms with E-state index in [9.17, 15) is 20.1 Å². The van der Waals surface area contributed by atoms with Crippen molar-refractivity contribution in [1.82, 2.24) is 0 Å². The molecule has 4 N–H and O–H groups in total. The van der Waals surface area contributed by atoms with Crippen molar-refractivity contribution in [3.05, 3.63) is 48.6 Å². The van der Waals surface area contributed by atoms with Crippen LogP contribution in [0.15, 0.2) is 48.6 Å². The van der Waals surface area contributed by atoms with E-state index in [1.54, 1.807) is 0 Å². The molecule has 1 aliphatic heterocycles. The van der Waals surface area contributed by atoms with E-state index in [0.29, 0.717) is 32.1 Å². The van der Waals surface area contributed by atoms with E-state index in [1.807, 2.05) is 43.4 Å². The molecule has 1 heterocycles. The summed E-state index contributed by atoms with van der Waals surface area (Å²) in [6.45, 7) is 2.04. The first kappa shape index (κ1) is 24.3. The van der Waals surface area contributed by atoms with E-state index >= 15 is 0 Å². The molecule has 0 aliphatic carbocycles. The van der Waals surface area contributed by atoms with Crippen LogP contribution in [0.5, 0.6) is 0 Å². The zero-order valence-electron chi connectivity index (χ0n) is 16.6. The van der Waals surface area contributed by atoms with E-state index in [-0.39, 0.29) is 12.5 Å². The highest BCUT2D eigenvalue weighted by atomic mass is 16.5. The lowest BCUT2D eigenvalue weighted by Crippen LogP contribution is -2.24. The molecular weight excluding hydrogens is 360 g/mol. The Morgan fingerprint density at radius 2 is 1.86 bits per heavy atom. The topological polar surface area (TPSA) is 107 Å². The van der Waals surface area contributed by atoms with Gasteiger partial charge in [-0.05, 0) is 32.1 Å². The molecule has 0 aromatic rings. The van der Waals surface area contributed by atoms with Crippen LogP contribution < -0.4 is 0 Å². The van der Waals surface area contributed by atoms with Crippen LogP contribution in [0.4, 0.5) is 0 Å². The summed E-state index contributed by atoms with van der Waals surface area (Å²) in [5, 5.41) is 38.7. The van der Waals surface area contributed by atoms with Crippen molar-refractivity contribution >= 4 is 5.97 Å². The number of hydrogen-bond donors (Lipinski definition) is 4. The zero-order chi connectivity index (χ0) is 20.8. The average molecular weight is 395 g/mol. The minimum atomic E-state index is -0.870. The third kappa shape index (κ3) is 10.6. The second kappa shape index (κ2) is 14.3. The molecule has 6 nitrogen and oxygen atoms in total. The summed E-state index contributed by atoms with van der Waals surface area (Å²) in [4.78, 5) is 10.4. The summed E-state index contributed by atoms with van der Waals surface area (Å²) in [5.41, 5.74) is 0. The Kier molecular flexibility index (Phi) is 12.4. The number of rotatable bonds is 13. The summed E-state index contributed by atoms with van der Waals surface area (Å²) in [7, 11) is 0. The minimum absolute atomic E-state index is 0.129. The van der Waals surface area contributed by atoms with Crippen LogP contribution in [0.1, 0.15) is 51.9 Å². The van der Waals surface area contributed by atoms with Gasteiger partial charge in [0.25, 0.3) is 0 Å². The van der Waals surface area contributed by atoms with E-state index in [2.05, 4.69) is 0 Å². The highest BCUT2D eigenvalue weighted by molar-refractivity contribution is 5.66. The predicted octanol–water partition coefficient (Wildman–Crippen LogP) is 2.90. The summed E-state index contributed by atoms with van der Waals surface area (Å²) in [6.07, 6.45) is 15.3. The third-order valence-electron chi connectivity index (χ3n) is 4.44. The van der Waals surface area contributed by atoms with Crippen LogP contribution in [0.25, 0.3) is 0 Å². The Balaban J connectivity index is 2.28. The van der Waals surface area contributed by atoms with Gasteiger partial charge in [-0.2, -0.15) is 0 Å². The summed E-state index contributed by atoms with van der Waals surface area (Å²) >= 11 is 0. The number of carbonyl (C=O) groups is 1. The van der Waals surface area contributed by atoms with Crippen molar-refractivity contribution in [3.8, 4) is 0 Å². The van der Waals surface area contributed by atoms with Gasteiger partial charge in [-0.1, -0.05) is 55.5 Å². The lowest BCUT2D eigenvalue weighted by molar-refractivity contribution is -0.136. The van der Waals surface area contributed by atoms with Crippen molar-refractivity contribution in [2.24, 2.45) is 0 Å². The summed E-state index contributed by atoms with van der Waals surface area (Å²) in [5.74, 6) is -0.807. The molecule has 0 aromatic heterocycles. The average Bonchev–Trinajstić information content (AvgIpc) is 3.02. The fraction of sp³-hybridized carbons (Fsp3) is 0.591. The maximum atomic E-state index is 10.4. The molecule has 28 heavy (non-hydrogen) atoms. The van der Waals surface area contributed by atoms with Gasteiger partial charge in [-0.15, -0.1) is 0 Å². The Morgan fingerprint density at radius 1 is 1.11 bits per heavy atom. The molecule has 158 valence electrons. The van der Waals surface area contributed by atoms with Gasteiger partial charge < -0.3 is 25.2 Å². The van der Waals surface area contributed by atoms with Crippen LogP contribution in [0.3, 0.4) is 0 Å². The number of aliphatic carboxylic acids is 1. The molecular formula is C22H34O6. The van der Waals surface area contributed by atoms with Crippen molar-refractivity contribution < 1.29 is 30.0 Å². The Bertz CT molecular complexity index is 551. The van der Waals surface area contributed by atoms with Gasteiger partial charge >= 0.3 is 5.97 Å². The van der Waals surface area contributed by atoms with Crippen LogP contribution in [0, 0.1) is 0 Å². The highest BCUT2D eigenvalue weighted by Gasteiger charge is 2.36. The monoisotopic (exact) mass is 394 g/mol. The van der Waals surface area contributed by atoms with Gasteiger partial charge in [-0.25, -0.2) is 0 Å². The third-order valence-corrected chi connectivity index (χ3v) is 4.44. The van der Waals surface area contributed by atoms with Crippen molar-refractivity contribution in [1.29, 1.82) is 0 Å². The van der Waals surface area contributed by atoms with E-state index in [4.69, 9.17) is 9.84 Å². The molecule has 0 amide bonds. The van der Waals surface area contributed by atoms with Crippen LogP contribution in [-0.2, 0) is 9.53 Å². The smallest absolute Gasteiger partial charge is 0.303 e. The lowest BCUT2D eigenvalue weighted by atomic mass is 10.0.